The Kier molecular flexibility index (Phi) is 6.15. The van der Waals surface area contributed by atoms with Crippen molar-refractivity contribution in [3.8, 4) is 11.1 Å². The van der Waals surface area contributed by atoms with Gasteiger partial charge in [-0.1, -0.05) is 12.1 Å². The van der Waals surface area contributed by atoms with Gasteiger partial charge in [-0.2, -0.15) is 0 Å². The van der Waals surface area contributed by atoms with Crippen molar-refractivity contribution in [1.29, 1.82) is 0 Å². The standard InChI is InChI=1S/C24H23FIN3O2/c1-14-11-16(26)6-8-21(14)28-22-7-5-15(25)12-20(22)18-3-2-4-19(24(27)31)23(18)29-10-9-17(30)13-29/h2-8,11-12,17,28,30H,9-10,13H2,1H3,(H2,27,31). The van der Waals surface area contributed by atoms with Crippen molar-refractivity contribution in [1.82, 2.24) is 0 Å². The van der Waals surface area contributed by atoms with Gasteiger partial charge in [0.2, 0.25) is 0 Å². The molecule has 0 spiro atoms. The molecule has 0 saturated carbocycles. The van der Waals surface area contributed by atoms with E-state index < -0.39 is 12.0 Å². The average molecular weight is 531 g/mol. The molecule has 160 valence electrons. The number of aliphatic hydroxyl groups excluding tert-OH is 1. The number of β-amino-alcohol motifs (C(OH)–C–C–N with tert-alkyl or cyclic N) is 1. The number of nitrogens with two attached hydrogens (primary N) is 1. The molecule has 1 heterocycles. The molecule has 1 atom stereocenters. The maximum Gasteiger partial charge on any atom is 0.250 e. The predicted molar refractivity (Wildman–Crippen MR) is 130 cm³/mol. The fourth-order valence-electron chi connectivity index (χ4n) is 4.01. The highest BCUT2D eigenvalue weighted by Gasteiger charge is 2.27. The Hall–Kier alpha value is -2.65. The van der Waals surface area contributed by atoms with Gasteiger partial charge < -0.3 is 21.1 Å². The van der Waals surface area contributed by atoms with E-state index in [9.17, 15) is 14.3 Å². The predicted octanol–water partition coefficient (Wildman–Crippen LogP) is 4.82. The quantitative estimate of drug-likeness (QED) is 0.413. The van der Waals surface area contributed by atoms with Crippen molar-refractivity contribution >= 4 is 45.6 Å². The summed E-state index contributed by atoms with van der Waals surface area (Å²) in [4.78, 5) is 14.2. The van der Waals surface area contributed by atoms with Gasteiger partial charge in [0.25, 0.3) is 5.91 Å². The first-order valence-corrected chi connectivity index (χ1v) is 11.1. The molecule has 4 N–H and O–H groups in total. The molecule has 31 heavy (non-hydrogen) atoms. The molecular weight excluding hydrogens is 508 g/mol. The molecule has 0 aliphatic carbocycles. The summed E-state index contributed by atoms with van der Waals surface area (Å²) < 4.78 is 15.5. The zero-order valence-electron chi connectivity index (χ0n) is 17.0. The first kappa shape index (κ1) is 21.6. The van der Waals surface area contributed by atoms with Crippen LogP contribution in [0.1, 0.15) is 22.3 Å². The number of nitrogens with zero attached hydrogens (tertiary/aromatic N) is 1. The largest absolute Gasteiger partial charge is 0.391 e. The maximum absolute atomic E-state index is 14.4. The van der Waals surface area contributed by atoms with E-state index in [1.54, 1.807) is 18.2 Å². The number of hydrogen-bond acceptors (Lipinski definition) is 4. The smallest absolute Gasteiger partial charge is 0.250 e. The molecule has 5 nitrogen and oxygen atoms in total. The van der Waals surface area contributed by atoms with Crippen molar-refractivity contribution < 1.29 is 14.3 Å². The Bertz CT molecular complexity index is 1150. The molecule has 0 aromatic heterocycles. The Balaban J connectivity index is 1.87. The first-order chi connectivity index (χ1) is 14.8. The van der Waals surface area contributed by atoms with E-state index in [0.29, 0.717) is 47.6 Å². The number of carbonyl (C=O) groups excluding carboxylic acids is 1. The highest BCUT2D eigenvalue weighted by atomic mass is 127. The number of hydrogen-bond donors (Lipinski definition) is 3. The van der Waals surface area contributed by atoms with Crippen LogP contribution < -0.4 is 16.0 Å². The third-order valence-corrected chi connectivity index (χ3v) is 6.18. The average Bonchev–Trinajstić information content (AvgIpc) is 3.16. The van der Waals surface area contributed by atoms with Crippen LogP contribution in [0.2, 0.25) is 0 Å². The normalized spacial score (nSPS) is 15.9. The van der Waals surface area contributed by atoms with Crippen molar-refractivity contribution in [2.24, 2.45) is 5.73 Å². The van der Waals surface area contributed by atoms with E-state index in [2.05, 4.69) is 34.0 Å². The number of nitrogens with one attached hydrogen (secondary N) is 1. The Labute approximate surface area is 194 Å². The van der Waals surface area contributed by atoms with Gasteiger partial charge in [0, 0.05) is 39.2 Å². The Morgan fingerprint density at radius 1 is 1.16 bits per heavy atom. The Morgan fingerprint density at radius 3 is 2.61 bits per heavy atom. The summed E-state index contributed by atoms with van der Waals surface area (Å²) in [6.07, 6.45) is 0.121. The topological polar surface area (TPSA) is 78.6 Å². The molecule has 3 aromatic carbocycles. The summed E-state index contributed by atoms with van der Waals surface area (Å²) in [6, 6.07) is 15.9. The fourth-order valence-corrected chi connectivity index (χ4v) is 4.65. The summed E-state index contributed by atoms with van der Waals surface area (Å²) in [5.41, 5.74) is 10.7. The lowest BCUT2D eigenvalue weighted by atomic mass is 9.96. The number of anilines is 3. The second-order valence-corrected chi connectivity index (χ2v) is 8.97. The van der Waals surface area contributed by atoms with E-state index in [-0.39, 0.29) is 5.82 Å². The number of primary amides is 1. The van der Waals surface area contributed by atoms with Gasteiger partial charge in [-0.05, 0) is 84.0 Å². The fraction of sp³-hybridized carbons (Fsp3) is 0.208. The van der Waals surface area contributed by atoms with Crippen LogP contribution in [0.15, 0.2) is 54.6 Å². The van der Waals surface area contributed by atoms with Crippen LogP contribution >= 0.6 is 22.6 Å². The van der Waals surface area contributed by atoms with Crippen molar-refractivity contribution in [2.45, 2.75) is 19.4 Å². The molecule has 1 aliphatic rings. The van der Waals surface area contributed by atoms with Crippen LogP contribution in [0.5, 0.6) is 0 Å². The second-order valence-electron chi connectivity index (χ2n) is 7.73. The molecule has 1 aliphatic heterocycles. The van der Waals surface area contributed by atoms with Gasteiger partial charge in [-0.15, -0.1) is 0 Å². The zero-order valence-corrected chi connectivity index (χ0v) is 19.2. The number of aliphatic hydroxyl groups is 1. The summed E-state index contributed by atoms with van der Waals surface area (Å²) >= 11 is 2.26. The van der Waals surface area contributed by atoms with E-state index >= 15 is 0 Å². The van der Waals surface area contributed by atoms with Crippen LogP contribution in [-0.2, 0) is 0 Å². The minimum Gasteiger partial charge on any atom is -0.391 e. The molecule has 0 radical (unpaired) electrons. The number of carbonyl (C=O) groups is 1. The summed E-state index contributed by atoms with van der Waals surface area (Å²) in [6.45, 7) is 3.00. The molecular formula is C24H23FIN3O2. The van der Waals surface area contributed by atoms with E-state index in [4.69, 9.17) is 5.73 Å². The van der Waals surface area contributed by atoms with E-state index in [1.807, 2.05) is 30.0 Å². The highest BCUT2D eigenvalue weighted by Crippen LogP contribution is 2.40. The van der Waals surface area contributed by atoms with Gasteiger partial charge in [-0.25, -0.2) is 4.39 Å². The van der Waals surface area contributed by atoms with Crippen molar-refractivity contribution in [2.75, 3.05) is 23.3 Å². The molecule has 1 unspecified atom stereocenters. The van der Waals surface area contributed by atoms with Crippen molar-refractivity contribution in [3.05, 3.63) is 75.1 Å². The molecule has 1 saturated heterocycles. The molecule has 1 fully saturated rings. The summed E-state index contributed by atoms with van der Waals surface area (Å²) in [5.74, 6) is -0.936. The molecule has 7 heteroatoms. The van der Waals surface area contributed by atoms with Crippen molar-refractivity contribution in [3.63, 3.8) is 0 Å². The number of rotatable bonds is 5. The number of benzene rings is 3. The summed E-state index contributed by atoms with van der Waals surface area (Å²) in [5, 5.41) is 13.5. The van der Waals surface area contributed by atoms with Gasteiger partial charge in [0.15, 0.2) is 0 Å². The zero-order chi connectivity index (χ0) is 22.1. The van der Waals surface area contributed by atoms with Crippen LogP contribution in [0.25, 0.3) is 11.1 Å². The Morgan fingerprint density at radius 2 is 1.94 bits per heavy atom. The second kappa shape index (κ2) is 8.84. The monoisotopic (exact) mass is 531 g/mol. The maximum atomic E-state index is 14.4. The third kappa shape index (κ3) is 4.52. The minimum absolute atomic E-state index is 0.354. The number of amides is 1. The number of aryl methyl sites for hydroxylation is 1. The van der Waals surface area contributed by atoms with Crippen LogP contribution in [0.4, 0.5) is 21.5 Å². The van der Waals surface area contributed by atoms with Crippen LogP contribution in [0, 0.1) is 16.3 Å². The van der Waals surface area contributed by atoms with Gasteiger partial charge in [-0.3, -0.25) is 4.79 Å². The van der Waals surface area contributed by atoms with Gasteiger partial charge in [0.1, 0.15) is 5.82 Å². The van der Waals surface area contributed by atoms with Gasteiger partial charge in [0.05, 0.1) is 17.4 Å². The molecule has 4 rings (SSSR count). The van der Waals surface area contributed by atoms with E-state index in [0.717, 1.165) is 14.8 Å². The molecule has 0 bridgehead atoms. The number of para-hydroxylation sites is 1. The van der Waals surface area contributed by atoms with Crippen LogP contribution in [-0.4, -0.2) is 30.2 Å². The lowest BCUT2D eigenvalue weighted by Crippen LogP contribution is -2.26. The highest BCUT2D eigenvalue weighted by molar-refractivity contribution is 14.1. The van der Waals surface area contributed by atoms with E-state index in [1.165, 1.54) is 12.1 Å². The lowest BCUT2D eigenvalue weighted by Gasteiger charge is -2.25. The third-order valence-electron chi connectivity index (χ3n) is 5.51. The summed E-state index contributed by atoms with van der Waals surface area (Å²) in [7, 11) is 0. The minimum atomic E-state index is -0.558. The SMILES string of the molecule is Cc1cc(I)ccc1Nc1ccc(F)cc1-c1cccc(C(N)=O)c1N1CCC(O)C1. The lowest BCUT2D eigenvalue weighted by molar-refractivity contribution is 0.100. The number of halogens is 2. The van der Waals surface area contributed by atoms with Gasteiger partial charge >= 0.3 is 0 Å². The molecule has 1 amide bonds. The first-order valence-electron chi connectivity index (χ1n) is 10.0. The molecule has 3 aromatic rings. The van der Waals surface area contributed by atoms with Crippen LogP contribution in [0.3, 0.4) is 0 Å².